The third-order valence-electron chi connectivity index (χ3n) is 10.6. The van der Waals surface area contributed by atoms with Gasteiger partial charge in [-0.15, -0.1) is 0 Å². The molecule has 1 unspecified atom stereocenters. The lowest BCUT2D eigenvalue weighted by Gasteiger charge is -2.18. The Bertz CT molecular complexity index is 1160. The van der Waals surface area contributed by atoms with Gasteiger partial charge in [0.05, 0.1) is 0 Å². The summed E-state index contributed by atoms with van der Waals surface area (Å²) < 4.78 is 16.8. The zero-order chi connectivity index (χ0) is 44.4. The molecule has 0 spiro atoms. The molecule has 6 nitrogen and oxygen atoms in total. The van der Waals surface area contributed by atoms with E-state index in [2.05, 4.69) is 93.7 Å². The summed E-state index contributed by atoms with van der Waals surface area (Å²) in [6.45, 7) is 6.47. The molecular formula is C55H94O6. The lowest BCUT2D eigenvalue weighted by atomic mass is 10.1. The highest BCUT2D eigenvalue weighted by Gasteiger charge is 2.19. The molecule has 0 saturated heterocycles. The van der Waals surface area contributed by atoms with Gasteiger partial charge in [-0.1, -0.05) is 190 Å². The first kappa shape index (κ1) is 57.9. The highest BCUT2D eigenvalue weighted by Crippen LogP contribution is 2.13. The molecule has 0 aromatic rings. The number of rotatable bonds is 45. The van der Waals surface area contributed by atoms with Gasteiger partial charge in [-0.2, -0.15) is 0 Å². The zero-order valence-electron chi connectivity index (χ0n) is 39.9. The summed E-state index contributed by atoms with van der Waals surface area (Å²) in [5.41, 5.74) is 0. The van der Waals surface area contributed by atoms with E-state index in [9.17, 15) is 14.4 Å². The average Bonchev–Trinajstić information content (AvgIpc) is 3.26. The molecular weight excluding hydrogens is 757 g/mol. The number of ether oxygens (including phenoxy) is 3. The fourth-order valence-corrected chi connectivity index (χ4v) is 6.76. The van der Waals surface area contributed by atoms with Crippen molar-refractivity contribution in [2.75, 3.05) is 13.2 Å². The smallest absolute Gasteiger partial charge is 0.306 e. The Morgan fingerprint density at radius 3 is 1.02 bits per heavy atom. The number of carbonyl (C=O) groups is 3. The summed E-state index contributed by atoms with van der Waals surface area (Å²) in [4.78, 5) is 37.9. The number of hydrogen-bond acceptors (Lipinski definition) is 6. The van der Waals surface area contributed by atoms with Crippen molar-refractivity contribution in [2.45, 2.75) is 245 Å². The summed E-state index contributed by atoms with van der Waals surface area (Å²) in [7, 11) is 0. The number of carbonyl (C=O) groups excluding carboxylic acids is 3. The lowest BCUT2D eigenvalue weighted by Crippen LogP contribution is -2.30. The molecule has 0 aliphatic carbocycles. The van der Waals surface area contributed by atoms with Crippen LogP contribution in [0.2, 0.25) is 0 Å². The van der Waals surface area contributed by atoms with E-state index in [0.717, 1.165) is 141 Å². The predicted molar refractivity (Wildman–Crippen MR) is 261 cm³/mol. The Morgan fingerprint density at radius 2 is 0.639 bits per heavy atom. The second-order valence-electron chi connectivity index (χ2n) is 16.7. The molecule has 0 fully saturated rings. The summed E-state index contributed by atoms with van der Waals surface area (Å²) >= 11 is 0. The zero-order valence-corrected chi connectivity index (χ0v) is 39.9. The van der Waals surface area contributed by atoms with Gasteiger partial charge >= 0.3 is 17.9 Å². The summed E-state index contributed by atoms with van der Waals surface area (Å²) in [5, 5.41) is 0. The Hall–Kier alpha value is -3.15. The Balaban J connectivity index is 4.45. The van der Waals surface area contributed by atoms with Crippen molar-refractivity contribution in [1.29, 1.82) is 0 Å². The second kappa shape index (κ2) is 49.5. The third kappa shape index (κ3) is 47.7. The maximum atomic E-state index is 12.8. The molecule has 0 radical (unpaired) electrons. The fourth-order valence-electron chi connectivity index (χ4n) is 6.76. The van der Waals surface area contributed by atoms with Crippen LogP contribution < -0.4 is 0 Å². The Labute approximate surface area is 376 Å². The van der Waals surface area contributed by atoms with Crippen molar-refractivity contribution in [2.24, 2.45) is 0 Å². The number of allylic oxidation sites excluding steroid dienone is 12. The monoisotopic (exact) mass is 851 g/mol. The van der Waals surface area contributed by atoms with Gasteiger partial charge in [-0.3, -0.25) is 14.4 Å². The lowest BCUT2D eigenvalue weighted by molar-refractivity contribution is -0.167. The highest BCUT2D eigenvalue weighted by molar-refractivity contribution is 5.71. The van der Waals surface area contributed by atoms with Crippen molar-refractivity contribution in [3.05, 3.63) is 72.9 Å². The molecule has 0 aromatic carbocycles. The van der Waals surface area contributed by atoms with Crippen LogP contribution in [0.3, 0.4) is 0 Å². The largest absolute Gasteiger partial charge is 0.462 e. The maximum absolute atomic E-state index is 12.8. The minimum atomic E-state index is -0.793. The van der Waals surface area contributed by atoms with Crippen molar-refractivity contribution in [3.63, 3.8) is 0 Å². The second-order valence-corrected chi connectivity index (χ2v) is 16.7. The SMILES string of the molecule is CCC/C=C\C/C=C\CCCCCCCC(=O)OCC(COC(=O)CCCCCCC/C=C\C/C=C\CCCCCC)OC(=O)CCCCCCC/C=C\C/C=C\CCCC. The molecule has 0 bridgehead atoms. The van der Waals surface area contributed by atoms with Crippen molar-refractivity contribution >= 4 is 17.9 Å². The van der Waals surface area contributed by atoms with Crippen LogP contribution in [-0.2, 0) is 28.6 Å². The van der Waals surface area contributed by atoms with Gasteiger partial charge in [0.15, 0.2) is 6.10 Å². The molecule has 0 heterocycles. The van der Waals surface area contributed by atoms with Gasteiger partial charge in [0.25, 0.3) is 0 Å². The third-order valence-corrected chi connectivity index (χ3v) is 10.6. The van der Waals surface area contributed by atoms with Crippen LogP contribution in [0.15, 0.2) is 72.9 Å². The predicted octanol–water partition coefficient (Wildman–Crippen LogP) is 16.6. The quantitative estimate of drug-likeness (QED) is 0.0263. The molecule has 1 atom stereocenters. The van der Waals surface area contributed by atoms with Crippen LogP contribution in [0.4, 0.5) is 0 Å². The number of unbranched alkanes of at least 4 members (excludes halogenated alkanes) is 22. The molecule has 0 saturated carbocycles. The van der Waals surface area contributed by atoms with Crippen molar-refractivity contribution in [1.82, 2.24) is 0 Å². The van der Waals surface area contributed by atoms with Crippen LogP contribution in [-0.4, -0.2) is 37.2 Å². The molecule has 6 heteroatoms. The van der Waals surface area contributed by atoms with Crippen LogP contribution in [0, 0.1) is 0 Å². The van der Waals surface area contributed by atoms with Gasteiger partial charge in [0.2, 0.25) is 0 Å². The van der Waals surface area contributed by atoms with Gasteiger partial charge in [0.1, 0.15) is 13.2 Å². The van der Waals surface area contributed by atoms with Crippen molar-refractivity contribution < 1.29 is 28.6 Å². The number of esters is 3. The van der Waals surface area contributed by atoms with E-state index in [1.54, 1.807) is 0 Å². The highest BCUT2D eigenvalue weighted by atomic mass is 16.6. The van der Waals surface area contributed by atoms with E-state index in [1.807, 2.05) is 0 Å². The number of hydrogen-bond donors (Lipinski definition) is 0. The van der Waals surface area contributed by atoms with Crippen molar-refractivity contribution in [3.8, 4) is 0 Å². The maximum Gasteiger partial charge on any atom is 0.306 e. The van der Waals surface area contributed by atoms with E-state index in [0.29, 0.717) is 19.3 Å². The topological polar surface area (TPSA) is 78.9 Å². The normalized spacial score (nSPS) is 12.6. The van der Waals surface area contributed by atoms with Crippen LogP contribution in [0.25, 0.3) is 0 Å². The molecule has 0 N–H and O–H groups in total. The summed E-state index contributed by atoms with van der Waals surface area (Å²) in [6, 6.07) is 0. The molecule has 0 amide bonds. The molecule has 61 heavy (non-hydrogen) atoms. The first-order chi connectivity index (χ1) is 30.0. The molecule has 0 aromatic heterocycles. The van der Waals surface area contributed by atoms with E-state index >= 15 is 0 Å². The van der Waals surface area contributed by atoms with Gasteiger partial charge in [-0.05, 0) is 103 Å². The standard InChI is InChI=1S/C55H94O6/c1-4-7-10-13-16-19-22-25-27-28-31-33-36-39-42-45-48-54(57)60-51-52(50-59-53(56)47-44-41-38-35-32-29-24-21-18-15-12-9-6-3)61-55(58)49-46-43-40-37-34-30-26-23-20-17-14-11-8-5-2/h12,14-15,17,19,21-24,26-28,52H,4-11,13,16,18,20,25,29-51H2,1-3H3/b15-12-,17-14-,22-19-,24-21-,26-23-,28-27-. The minimum absolute atomic E-state index is 0.0935. The molecule has 0 aliphatic rings. The van der Waals surface area contributed by atoms with Crippen LogP contribution in [0.5, 0.6) is 0 Å². The molecule has 0 aliphatic heterocycles. The van der Waals surface area contributed by atoms with E-state index in [4.69, 9.17) is 14.2 Å². The van der Waals surface area contributed by atoms with Gasteiger partial charge in [0, 0.05) is 19.3 Å². The fraction of sp³-hybridized carbons (Fsp3) is 0.727. The van der Waals surface area contributed by atoms with E-state index in [-0.39, 0.29) is 31.1 Å². The Morgan fingerprint density at radius 1 is 0.328 bits per heavy atom. The molecule has 350 valence electrons. The summed E-state index contributed by atoms with van der Waals surface area (Å²) in [6.07, 6.45) is 61.6. The minimum Gasteiger partial charge on any atom is -0.462 e. The van der Waals surface area contributed by atoms with E-state index in [1.165, 1.54) is 57.8 Å². The summed E-state index contributed by atoms with van der Waals surface area (Å²) in [5.74, 6) is -0.935. The first-order valence-corrected chi connectivity index (χ1v) is 25.4. The van der Waals surface area contributed by atoms with Gasteiger partial charge < -0.3 is 14.2 Å². The van der Waals surface area contributed by atoms with E-state index < -0.39 is 6.10 Å². The van der Waals surface area contributed by atoms with Crippen LogP contribution >= 0.6 is 0 Å². The average molecular weight is 851 g/mol. The first-order valence-electron chi connectivity index (χ1n) is 25.4. The molecule has 0 rings (SSSR count). The van der Waals surface area contributed by atoms with Gasteiger partial charge in [-0.25, -0.2) is 0 Å². The van der Waals surface area contributed by atoms with Crippen LogP contribution in [0.1, 0.15) is 239 Å². The Kier molecular flexibility index (Phi) is 46.9.